The van der Waals surface area contributed by atoms with Crippen LogP contribution in [0.1, 0.15) is 11.1 Å². The Labute approximate surface area is 182 Å². The third-order valence-electron chi connectivity index (χ3n) is 5.25. The molecule has 3 aromatic rings. The van der Waals surface area contributed by atoms with E-state index in [1.807, 2.05) is 0 Å². The molecule has 1 saturated heterocycles. The van der Waals surface area contributed by atoms with E-state index in [9.17, 15) is 18.0 Å². The highest BCUT2D eigenvalue weighted by Gasteiger charge is 2.30. The van der Waals surface area contributed by atoms with Crippen LogP contribution >= 0.6 is 0 Å². The quantitative estimate of drug-likeness (QED) is 0.574. The molecule has 4 rings (SSSR count). The summed E-state index contributed by atoms with van der Waals surface area (Å²) in [7, 11) is 0. The molecular formula is C23H21F3N2O4. The SMILES string of the molecule is Cc1c(-c2ccc(OCC(=O)N3CCOCC3)cc2)noc1-c1ccc(C(F)(F)F)cc1. The van der Waals surface area contributed by atoms with Crippen molar-refractivity contribution in [3.63, 3.8) is 0 Å². The van der Waals surface area contributed by atoms with Gasteiger partial charge in [0.2, 0.25) is 0 Å². The van der Waals surface area contributed by atoms with Crippen LogP contribution in [-0.4, -0.2) is 48.9 Å². The average molecular weight is 446 g/mol. The number of morpholine rings is 1. The fourth-order valence-corrected chi connectivity index (χ4v) is 3.44. The first-order valence-corrected chi connectivity index (χ1v) is 10.1. The molecule has 0 saturated carbocycles. The van der Waals surface area contributed by atoms with Crippen LogP contribution in [0.15, 0.2) is 53.1 Å². The lowest BCUT2D eigenvalue weighted by atomic mass is 10.0. The van der Waals surface area contributed by atoms with Gasteiger partial charge in [-0.2, -0.15) is 13.2 Å². The van der Waals surface area contributed by atoms with Gasteiger partial charge in [0.05, 0.1) is 18.8 Å². The average Bonchev–Trinajstić information content (AvgIpc) is 3.19. The van der Waals surface area contributed by atoms with Gasteiger partial charge in [0.25, 0.3) is 5.91 Å². The van der Waals surface area contributed by atoms with Crippen LogP contribution in [0.3, 0.4) is 0 Å². The monoisotopic (exact) mass is 446 g/mol. The Hall–Kier alpha value is -3.33. The van der Waals surface area contributed by atoms with Crippen molar-refractivity contribution in [1.29, 1.82) is 0 Å². The number of rotatable bonds is 5. The van der Waals surface area contributed by atoms with Gasteiger partial charge in [-0.15, -0.1) is 0 Å². The zero-order chi connectivity index (χ0) is 22.7. The van der Waals surface area contributed by atoms with Crippen molar-refractivity contribution in [3.05, 3.63) is 59.7 Å². The van der Waals surface area contributed by atoms with Gasteiger partial charge < -0.3 is 18.9 Å². The molecule has 6 nitrogen and oxygen atoms in total. The zero-order valence-electron chi connectivity index (χ0n) is 17.3. The summed E-state index contributed by atoms with van der Waals surface area (Å²) in [6.07, 6.45) is -4.39. The lowest BCUT2D eigenvalue weighted by Gasteiger charge is -2.26. The second-order valence-corrected chi connectivity index (χ2v) is 7.37. The maximum Gasteiger partial charge on any atom is 0.416 e. The fraction of sp³-hybridized carbons (Fsp3) is 0.304. The summed E-state index contributed by atoms with van der Waals surface area (Å²) in [5, 5.41) is 4.09. The van der Waals surface area contributed by atoms with E-state index in [-0.39, 0.29) is 12.5 Å². The van der Waals surface area contributed by atoms with Gasteiger partial charge in [-0.25, -0.2) is 0 Å². The van der Waals surface area contributed by atoms with E-state index in [4.69, 9.17) is 14.0 Å². The van der Waals surface area contributed by atoms with E-state index in [2.05, 4.69) is 5.16 Å². The highest BCUT2D eigenvalue weighted by atomic mass is 19.4. The van der Waals surface area contributed by atoms with Crippen LogP contribution in [-0.2, 0) is 15.7 Å². The lowest BCUT2D eigenvalue weighted by Crippen LogP contribution is -2.42. The molecule has 0 atom stereocenters. The normalized spacial score (nSPS) is 14.4. The van der Waals surface area contributed by atoms with Crippen LogP contribution in [0.25, 0.3) is 22.6 Å². The molecule has 1 aromatic heterocycles. The maximum atomic E-state index is 12.8. The first-order valence-electron chi connectivity index (χ1n) is 10.1. The molecule has 1 aliphatic heterocycles. The van der Waals surface area contributed by atoms with E-state index in [1.54, 1.807) is 36.1 Å². The number of halogens is 3. The first kappa shape index (κ1) is 21.9. The second-order valence-electron chi connectivity index (χ2n) is 7.37. The second kappa shape index (κ2) is 9.04. The van der Waals surface area contributed by atoms with Gasteiger partial charge in [-0.05, 0) is 43.3 Å². The number of hydrogen-bond donors (Lipinski definition) is 0. The van der Waals surface area contributed by atoms with Crippen LogP contribution in [0.2, 0.25) is 0 Å². The van der Waals surface area contributed by atoms with Crippen molar-refractivity contribution < 1.29 is 32.0 Å². The number of carbonyl (C=O) groups excluding carboxylic acids is 1. The Kier molecular flexibility index (Phi) is 6.18. The van der Waals surface area contributed by atoms with Gasteiger partial charge in [0.1, 0.15) is 11.4 Å². The Morgan fingerprint density at radius 1 is 1.03 bits per heavy atom. The zero-order valence-corrected chi connectivity index (χ0v) is 17.3. The highest BCUT2D eigenvalue weighted by Crippen LogP contribution is 2.34. The molecular weight excluding hydrogens is 425 g/mol. The van der Waals surface area contributed by atoms with Crippen molar-refractivity contribution in [1.82, 2.24) is 10.1 Å². The Bertz CT molecular complexity index is 1070. The molecule has 0 bridgehead atoms. The number of alkyl halides is 3. The summed E-state index contributed by atoms with van der Waals surface area (Å²) in [5.41, 5.74) is 1.84. The summed E-state index contributed by atoms with van der Waals surface area (Å²) < 4.78 is 54.6. The minimum Gasteiger partial charge on any atom is -0.484 e. The van der Waals surface area contributed by atoms with Crippen molar-refractivity contribution in [2.45, 2.75) is 13.1 Å². The van der Waals surface area contributed by atoms with Crippen LogP contribution in [0.4, 0.5) is 13.2 Å². The van der Waals surface area contributed by atoms with Gasteiger partial charge in [0.15, 0.2) is 12.4 Å². The molecule has 2 aromatic carbocycles. The van der Waals surface area contributed by atoms with Gasteiger partial charge in [0, 0.05) is 29.8 Å². The summed E-state index contributed by atoms with van der Waals surface area (Å²) in [6.45, 7) is 3.93. The highest BCUT2D eigenvalue weighted by molar-refractivity contribution is 5.78. The molecule has 0 unspecified atom stereocenters. The summed E-state index contributed by atoms with van der Waals surface area (Å²) in [5.74, 6) is 0.857. The molecule has 1 fully saturated rings. The molecule has 32 heavy (non-hydrogen) atoms. The third-order valence-corrected chi connectivity index (χ3v) is 5.25. The molecule has 1 amide bonds. The number of carbonyl (C=O) groups is 1. The van der Waals surface area contributed by atoms with E-state index in [0.29, 0.717) is 54.6 Å². The standard InChI is InChI=1S/C23H21F3N2O4/c1-15-21(27-32-22(15)17-2-6-18(7-3-17)23(24,25)26)16-4-8-19(9-5-16)31-14-20(29)28-10-12-30-13-11-28/h2-9H,10-14H2,1H3. The van der Waals surface area contributed by atoms with Crippen molar-refractivity contribution in [2.75, 3.05) is 32.9 Å². The molecule has 9 heteroatoms. The van der Waals surface area contributed by atoms with Gasteiger partial charge >= 0.3 is 6.18 Å². The van der Waals surface area contributed by atoms with Crippen molar-refractivity contribution in [2.24, 2.45) is 0 Å². The molecule has 0 N–H and O–H groups in total. The smallest absolute Gasteiger partial charge is 0.416 e. The van der Waals surface area contributed by atoms with Crippen LogP contribution < -0.4 is 4.74 Å². The Balaban J connectivity index is 1.43. The summed E-state index contributed by atoms with van der Waals surface area (Å²) in [4.78, 5) is 13.9. The molecule has 168 valence electrons. The molecule has 0 spiro atoms. The van der Waals surface area contributed by atoms with E-state index >= 15 is 0 Å². The lowest BCUT2D eigenvalue weighted by molar-refractivity contribution is -0.138. The topological polar surface area (TPSA) is 64.8 Å². The van der Waals surface area contributed by atoms with Crippen molar-refractivity contribution in [3.8, 4) is 28.3 Å². The summed E-state index contributed by atoms with van der Waals surface area (Å²) in [6, 6.07) is 11.8. The van der Waals surface area contributed by atoms with E-state index in [0.717, 1.165) is 17.7 Å². The maximum absolute atomic E-state index is 12.8. The minimum absolute atomic E-state index is 0.0552. The van der Waals surface area contributed by atoms with Gasteiger partial charge in [-0.1, -0.05) is 17.3 Å². The Morgan fingerprint density at radius 2 is 1.66 bits per heavy atom. The largest absolute Gasteiger partial charge is 0.484 e. The molecule has 0 radical (unpaired) electrons. The number of aromatic nitrogens is 1. The van der Waals surface area contributed by atoms with Crippen LogP contribution in [0, 0.1) is 6.92 Å². The molecule has 0 aliphatic carbocycles. The van der Waals surface area contributed by atoms with Crippen LogP contribution in [0.5, 0.6) is 5.75 Å². The van der Waals surface area contributed by atoms with E-state index < -0.39 is 11.7 Å². The fourth-order valence-electron chi connectivity index (χ4n) is 3.44. The first-order chi connectivity index (χ1) is 15.3. The number of amides is 1. The number of benzene rings is 2. The number of nitrogens with zero attached hydrogens (tertiary/aromatic N) is 2. The minimum atomic E-state index is -4.39. The summed E-state index contributed by atoms with van der Waals surface area (Å²) >= 11 is 0. The number of ether oxygens (including phenoxy) is 2. The predicted molar refractivity (Wildman–Crippen MR) is 110 cm³/mol. The van der Waals surface area contributed by atoms with Crippen molar-refractivity contribution >= 4 is 5.91 Å². The third kappa shape index (κ3) is 4.77. The Morgan fingerprint density at radius 3 is 2.28 bits per heavy atom. The molecule has 1 aliphatic rings. The molecule has 2 heterocycles. The van der Waals surface area contributed by atoms with Gasteiger partial charge in [-0.3, -0.25) is 4.79 Å². The van der Waals surface area contributed by atoms with E-state index in [1.165, 1.54) is 12.1 Å². The number of hydrogen-bond acceptors (Lipinski definition) is 5. The predicted octanol–water partition coefficient (Wildman–Crippen LogP) is 4.57.